The zero-order chi connectivity index (χ0) is 13.2. The van der Waals surface area contributed by atoms with E-state index in [1.54, 1.807) is 0 Å². The van der Waals surface area contributed by atoms with Gasteiger partial charge < -0.3 is 9.79 Å². The van der Waals surface area contributed by atoms with Crippen LogP contribution in [0.5, 0.6) is 0 Å². The minimum atomic E-state index is -1.95. The molecule has 18 heavy (non-hydrogen) atoms. The Morgan fingerprint density at radius 3 is 2.17 bits per heavy atom. The van der Waals surface area contributed by atoms with Crippen LogP contribution in [0, 0.1) is 0 Å². The Kier molecular flexibility index (Phi) is 8.24. The monoisotopic (exact) mass is 268 g/mol. The van der Waals surface area contributed by atoms with Crippen LogP contribution in [-0.2, 0) is 6.42 Å². The highest BCUT2D eigenvalue weighted by Gasteiger charge is 2.08. The summed E-state index contributed by atoms with van der Waals surface area (Å²) in [5.41, 5.74) is 1.10. The van der Waals surface area contributed by atoms with Gasteiger partial charge in [-0.05, 0) is 24.5 Å². The van der Waals surface area contributed by atoms with Gasteiger partial charge in [0, 0.05) is 5.30 Å². The van der Waals surface area contributed by atoms with Crippen molar-refractivity contribution in [3.05, 3.63) is 29.8 Å². The first-order valence-electron chi connectivity index (χ1n) is 7.01. The topological polar surface area (TPSA) is 40.5 Å². The third-order valence-corrected chi connectivity index (χ3v) is 4.12. The molecule has 1 aromatic carbocycles. The molecule has 102 valence electrons. The van der Waals surface area contributed by atoms with Gasteiger partial charge in [-0.15, -0.1) is 0 Å². The lowest BCUT2D eigenvalue weighted by Crippen LogP contribution is -2.07. The second-order valence-corrected chi connectivity index (χ2v) is 5.85. The zero-order valence-corrected chi connectivity index (χ0v) is 12.2. The molecular formula is C15H25O2P. The summed E-state index contributed by atoms with van der Waals surface area (Å²) in [7, 11) is -1.95. The predicted molar refractivity (Wildman–Crippen MR) is 79.1 cm³/mol. The Balaban J connectivity index is 2.23. The fourth-order valence-electron chi connectivity index (χ4n) is 2.19. The molecule has 0 aliphatic heterocycles. The van der Waals surface area contributed by atoms with E-state index in [2.05, 4.69) is 6.92 Å². The maximum Gasteiger partial charge on any atom is 0.199 e. The Morgan fingerprint density at radius 1 is 0.889 bits per heavy atom. The van der Waals surface area contributed by atoms with E-state index in [0.29, 0.717) is 0 Å². The summed E-state index contributed by atoms with van der Waals surface area (Å²) in [6.45, 7) is 2.24. The van der Waals surface area contributed by atoms with Crippen molar-refractivity contribution in [3.8, 4) is 0 Å². The van der Waals surface area contributed by atoms with E-state index >= 15 is 0 Å². The minimum Gasteiger partial charge on any atom is -0.347 e. The molecule has 0 radical (unpaired) electrons. The molecule has 1 aromatic rings. The zero-order valence-electron chi connectivity index (χ0n) is 11.3. The smallest absolute Gasteiger partial charge is 0.199 e. The first-order chi connectivity index (χ1) is 8.75. The van der Waals surface area contributed by atoms with Gasteiger partial charge in [-0.1, -0.05) is 63.6 Å². The fraction of sp³-hybridized carbons (Fsp3) is 0.600. The number of hydrogen-bond donors (Lipinski definition) is 2. The van der Waals surface area contributed by atoms with Gasteiger partial charge in [0.1, 0.15) is 0 Å². The molecule has 0 amide bonds. The molecule has 3 heteroatoms. The highest BCUT2D eigenvalue weighted by Crippen LogP contribution is 2.25. The van der Waals surface area contributed by atoms with E-state index in [-0.39, 0.29) is 0 Å². The van der Waals surface area contributed by atoms with E-state index in [4.69, 9.17) is 0 Å². The molecule has 0 aliphatic carbocycles. The van der Waals surface area contributed by atoms with Gasteiger partial charge in [-0.2, -0.15) is 0 Å². The van der Waals surface area contributed by atoms with Crippen molar-refractivity contribution in [2.24, 2.45) is 0 Å². The van der Waals surface area contributed by atoms with Crippen LogP contribution in [-0.4, -0.2) is 9.79 Å². The molecule has 2 nitrogen and oxygen atoms in total. The van der Waals surface area contributed by atoms with Gasteiger partial charge in [-0.25, -0.2) is 0 Å². The molecule has 0 heterocycles. The first kappa shape index (κ1) is 15.6. The second kappa shape index (κ2) is 9.49. The first-order valence-corrected chi connectivity index (χ1v) is 8.26. The van der Waals surface area contributed by atoms with Gasteiger partial charge >= 0.3 is 0 Å². The molecule has 2 N–H and O–H groups in total. The summed E-state index contributed by atoms with van der Waals surface area (Å²) in [5.74, 6) is 0. The van der Waals surface area contributed by atoms with E-state index in [1.165, 1.54) is 38.5 Å². The van der Waals surface area contributed by atoms with E-state index in [1.807, 2.05) is 24.3 Å². The van der Waals surface area contributed by atoms with E-state index in [0.717, 1.165) is 23.7 Å². The Hall–Kier alpha value is -0.430. The molecule has 0 unspecified atom stereocenters. The molecule has 1 rings (SSSR count). The summed E-state index contributed by atoms with van der Waals surface area (Å²) in [5, 5.41) is 0.721. The molecule has 0 spiro atoms. The molecule has 0 bridgehead atoms. The largest absolute Gasteiger partial charge is 0.347 e. The lowest BCUT2D eigenvalue weighted by molar-refractivity contribution is 0.496. The van der Waals surface area contributed by atoms with Gasteiger partial charge in [-0.3, -0.25) is 0 Å². The number of aryl methyl sites for hydroxylation is 1. The Labute approximate surface area is 112 Å². The highest BCUT2D eigenvalue weighted by atomic mass is 31.2. The molecule has 0 fully saturated rings. The van der Waals surface area contributed by atoms with Crippen molar-refractivity contribution in [1.82, 2.24) is 0 Å². The molecule has 0 saturated heterocycles. The van der Waals surface area contributed by atoms with Crippen molar-refractivity contribution in [2.45, 2.75) is 58.3 Å². The normalized spacial score (nSPS) is 11.1. The van der Waals surface area contributed by atoms with Crippen LogP contribution in [0.1, 0.15) is 57.4 Å². The van der Waals surface area contributed by atoms with E-state index in [9.17, 15) is 9.79 Å². The highest BCUT2D eigenvalue weighted by molar-refractivity contribution is 7.54. The Morgan fingerprint density at radius 2 is 1.50 bits per heavy atom. The molecule has 0 saturated carbocycles. The third-order valence-electron chi connectivity index (χ3n) is 3.26. The summed E-state index contributed by atoms with van der Waals surface area (Å²) in [4.78, 5) is 18.6. The fourth-order valence-corrected chi connectivity index (χ4v) is 2.85. The van der Waals surface area contributed by atoms with Crippen molar-refractivity contribution in [2.75, 3.05) is 0 Å². The maximum absolute atomic E-state index is 9.32. The second-order valence-electron chi connectivity index (χ2n) is 4.79. The lowest BCUT2D eigenvalue weighted by Gasteiger charge is -2.09. The quantitative estimate of drug-likeness (QED) is 0.526. The van der Waals surface area contributed by atoms with Crippen molar-refractivity contribution < 1.29 is 9.79 Å². The van der Waals surface area contributed by atoms with Gasteiger partial charge in [0.2, 0.25) is 0 Å². The third kappa shape index (κ3) is 5.95. The maximum atomic E-state index is 9.32. The molecular weight excluding hydrogens is 243 g/mol. The molecule has 0 aromatic heterocycles. The average Bonchev–Trinajstić information content (AvgIpc) is 2.38. The number of rotatable bonds is 9. The Bertz CT molecular complexity index is 326. The van der Waals surface area contributed by atoms with Crippen molar-refractivity contribution >= 4 is 13.7 Å². The average molecular weight is 268 g/mol. The summed E-state index contributed by atoms with van der Waals surface area (Å²) in [6, 6.07) is 7.67. The van der Waals surface area contributed by atoms with Crippen LogP contribution in [0.15, 0.2) is 24.3 Å². The number of benzene rings is 1. The van der Waals surface area contributed by atoms with Crippen LogP contribution in [0.25, 0.3) is 0 Å². The van der Waals surface area contributed by atoms with Crippen LogP contribution in [0.2, 0.25) is 0 Å². The summed E-state index contributed by atoms with van der Waals surface area (Å²) in [6.07, 6.45) is 9.98. The van der Waals surface area contributed by atoms with E-state index < -0.39 is 8.38 Å². The minimum absolute atomic E-state index is 0.721. The van der Waals surface area contributed by atoms with Crippen molar-refractivity contribution in [1.29, 1.82) is 0 Å². The van der Waals surface area contributed by atoms with Crippen LogP contribution >= 0.6 is 8.38 Å². The summed E-state index contributed by atoms with van der Waals surface area (Å²) >= 11 is 0. The molecule has 0 aliphatic rings. The molecule has 0 atom stereocenters. The van der Waals surface area contributed by atoms with Crippen LogP contribution in [0.3, 0.4) is 0 Å². The van der Waals surface area contributed by atoms with Gasteiger partial charge in [0.25, 0.3) is 0 Å². The van der Waals surface area contributed by atoms with Gasteiger partial charge in [0.05, 0.1) is 0 Å². The predicted octanol–water partition coefficient (Wildman–Crippen LogP) is 3.90. The lowest BCUT2D eigenvalue weighted by atomic mass is 10.0. The van der Waals surface area contributed by atoms with Crippen LogP contribution < -0.4 is 5.30 Å². The van der Waals surface area contributed by atoms with Gasteiger partial charge in [0.15, 0.2) is 8.38 Å². The van der Waals surface area contributed by atoms with Crippen molar-refractivity contribution in [3.63, 3.8) is 0 Å². The number of hydrogen-bond acceptors (Lipinski definition) is 2. The SMILES string of the molecule is CCCCCCCCCc1ccccc1P(O)O. The standard InChI is InChI=1S/C15H25O2P/c1-2-3-4-5-6-7-8-11-14-12-9-10-13-15(14)18(16)17/h9-10,12-13,16-17H,2-8,11H2,1H3. The van der Waals surface area contributed by atoms with Crippen LogP contribution in [0.4, 0.5) is 0 Å². The number of unbranched alkanes of at least 4 members (excludes halogenated alkanes) is 6. The summed E-state index contributed by atoms with van der Waals surface area (Å²) < 4.78 is 0.